The van der Waals surface area contributed by atoms with Gasteiger partial charge in [-0.1, -0.05) is 38.1 Å². The van der Waals surface area contributed by atoms with Gasteiger partial charge in [0.15, 0.2) is 5.82 Å². The predicted molar refractivity (Wildman–Crippen MR) is 156 cm³/mol. The first-order chi connectivity index (χ1) is 19.5. The van der Waals surface area contributed by atoms with E-state index in [4.69, 9.17) is 14.2 Å². The van der Waals surface area contributed by atoms with Crippen LogP contribution < -0.4 is 14.8 Å². The zero-order chi connectivity index (χ0) is 29.2. The van der Waals surface area contributed by atoms with Crippen molar-refractivity contribution in [2.24, 2.45) is 5.92 Å². The van der Waals surface area contributed by atoms with Gasteiger partial charge >= 0.3 is 6.09 Å². The third-order valence-electron chi connectivity index (χ3n) is 7.72. The summed E-state index contributed by atoms with van der Waals surface area (Å²) in [7, 11) is 0. The zero-order valence-corrected chi connectivity index (χ0v) is 24.6. The summed E-state index contributed by atoms with van der Waals surface area (Å²) in [6.07, 6.45) is 4.39. The summed E-state index contributed by atoms with van der Waals surface area (Å²) in [5, 5.41) is 13.2. The number of hydrogen-bond donors (Lipinski definition) is 2. The van der Waals surface area contributed by atoms with E-state index in [1.54, 1.807) is 6.20 Å². The highest BCUT2D eigenvalue weighted by molar-refractivity contribution is 5.68. The molecule has 218 valence electrons. The SMILES string of the molecule is CC(C)(C)OC(=O)NC1CC(Oc2ccc(C(C)(C)c3ccc(OCc4ccnc(C(O)C5CC5)n4)cc3)cc2)C1. The first-order valence-corrected chi connectivity index (χ1v) is 14.5. The molecule has 0 bridgehead atoms. The fourth-order valence-electron chi connectivity index (χ4n) is 4.95. The molecule has 1 amide bonds. The van der Waals surface area contributed by atoms with Crippen LogP contribution in [-0.2, 0) is 16.8 Å². The van der Waals surface area contributed by atoms with Gasteiger partial charge in [-0.2, -0.15) is 0 Å². The number of ether oxygens (including phenoxy) is 3. The molecule has 5 rings (SSSR count). The van der Waals surface area contributed by atoms with Crippen LogP contribution in [0.4, 0.5) is 4.79 Å². The molecule has 1 atom stereocenters. The summed E-state index contributed by atoms with van der Waals surface area (Å²) in [6, 6.07) is 18.3. The second-order valence-electron chi connectivity index (χ2n) is 12.7. The number of hydrogen-bond acceptors (Lipinski definition) is 7. The maximum atomic E-state index is 11.9. The number of aliphatic hydroxyl groups excluding tert-OH is 1. The molecule has 1 heterocycles. The minimum atomic E-state index is -0.587. The number of aromatic nitrogens is 2. The molecule has 0 radical (unpaired) electrons. The molecule has 1 unspecified atom stereocenters. The summed E-state index contributed by atoms with van der Waals surface area (Å²) in [5.41, 5.74) is 2.39. The fourth-order valence-corrected chi connectivity index (χ4v) is 4.95. The van der Waals surface area contributed by atoms with Crippen molar-refractivity contribution in [2.75, 3.05) is 0 Å². The maximum absolute atomic E-state index is 11.9. The topological polar surface area (TPSA) is 103 Å². The predicted octanol–water partition coefficient (Wildman–Crippen LogP) is 6.26. The lowest BCUT2D eigenvalue weighted by atomic mass is 9.78. The van der Waals surface area contributed by atoms with E-state index in [9.17, 15) is 9.90 Å². The lowest BCUT2D eigenvalue weighted by molar-refractivity contribution is 0.0363. The van der Waals surface area contributed by atoms with Crippen LogP contribution in [0.3, 0.4) is 0 Å². The van der Waals surface area contributed by atoms with Gasteiger partial charge in [0.05, 0.1) is 5.69 Å². The van der Waals surface area contributed by atoms with E-state index in [0.717, 1.165) is 42.9 Å². The van der Waals surface area contributed by atoms with Crippen LogP contribution in [0.25, 0.3) is 0 Å². The van der Waals surface area contributed by atoms with Crippen LogP contribution in [-0.4, -0.2) is 38.9 Å². The van der Waals surface area contributed by atoms with Crippen LogP contribution in [0.15, 0.2) is 60.8 Å². The van der Waals surface area contributed by atoms with Crippen molar-refractivity contribution < 1.29 is 24.1 Å². The Bertz CT molecular complexity index is 1320. The maximum Gasteiger partial charge on any atom is 0.407 e. The highest BCUT2D eigenvalue weighted by Crippen LogP contribution is 2.39. The summed E-state index contributed by atoms with van der Waals surface area (Å²) in [5.74, 6) is 2.35. The summed E-state index contributed by atoms with van der Waals surface area (Å²) < 4.78 is 17.4. The lowest BCUT2D eigenvalue weighted by Crippen LogP contribution is -2.50. The average molecular weight is 560 g/mol. The quantitative estimate of drug-likeness (QED) is 0.302. The van der Waals surface area contributed by atoms with Crippen molar-refractivity contribution in [3.05, 3.63) is 83.4 Å². The van der Waals surface area contributed by atoms with Gasteiger partial charge in [0.1, 0.15) is 35.9 Å². The number of nitrogens with one attached hydrogen (secondary N) is 1. The van der Waals surface area contributed by atoms with Crippen molar-refractivity contribution in [1.82, 2.24) is 15.3 Å². The van der Waals surface area contributed by atoms with Crippen molar-refractivity contribution in [3.8, 4) is 11.5 Å². The lowest BCUT2D eigenvalue weighted by Gasteiger charge is -2.36. The number of alkyl carbamates (subject to hydrolysis) is 1. The Kier molecular flexibility index (Phi) is 8.23. The molecule has 2 aliphatic rings. The van der Waals surface area contributed by atoms with Gasteiger partial charge in [0.25, 0.3) is 0 Å². The Morgan fingerprint density at radius 1 is 0.951 bits per heavy atom. The van der Waals surface area contributed by atoms with E-state index in [1.807, 2.05) is 51.1 Å². The molecule has 0 aliphatic heterocycles. The highest BCUT2D eigenvalue weighted by atomic mass is 16.6. The van der Waals surface area contributed by atoms with E-state index >= 15 is 0 Å². The van der Waals surface area contributed by atoms with Crippen LogP contribution >= 0.6 is 0 Å². The van der Waals surface area contributed by atoms with Gasteiger partial charge in [-0.05, 0) is 81.0 Å². The minimum Gasteiger partial charge on any atom is -0.490 e. The smallest absolute Gasteiger partial charge is 0.407 e. The second-order valence-corrected chi connectivity index (χ2v) is 12.7. The normalized spacial score (nSPS) is 19.6. The van der Waals surface area contributed by atoms with Crippen LogP contribution in [0.2, 0.25) is 0 Å². The molecular weight excluding hydrogens is 518 g/mol. The first kappa shape index (κ1) is 28.9. The van der Waals surface area contributed by atoms with E-state index in [2.05, 4.69) is 53.4 Å². The monoisotopic (exact) mass is 559 g/mol. The minimum absolute atomic E-state index is 0.0820. The second kappa shape index (κ2) is 11.7. The molecule has 2 saturated carbocycles. The summed E-state index contributed by atoms with van der Waals surface area (Å²) >= 11 is 0. The standard InChI is InChI=1S/C33H41N3O5/c1-32(2,3)41-31(38)36-25-18-28(19-25)40-27-14-10-23(11-15-27)33(4,5)22-8-12-26(13-9-22)39-20-24-16-17-34-30(35-24)29(37)21-6-7-21/h8-17,21,25,28-29,37H,6-7,18-20H2,1-5H3,(H,36,38). The Hall–Kier alpha value is -3.65. The number of amides is 1. The molecule has 2 N–H and O–H groups in total. The Labute approximate surface area is 242 Å². The van der Waals surface area contributed by atoms with E-state index < -0.39 is 11.7 Å². The molecule has 0 saturated heterocycles. The van der Waals surface area contributed by atoms with E-state index in [1.165, 1.54) is 11.1 Å². The van der Waals surface area contributed by atoms with Crippen molar-refractivity contribution >= 4 is 6.09 Å². The van der Waals surface area contributed by atoms with Gasteiger partial charge < -0.3 is 24.6 Å². The van der Waals surface area contributed by atoms with Crippen LogP contribution in [0, 0.1) is 5.92 Å². The van der Waals surface area contributed by atoms with Crippen LogP contribution in [0.5, 0.6) is 11.5 Å². The average Bonchev–Trinajstić information content (AvgIpc) is 3.76. The molecule has 8 heteroatoms. The van der Waals surface area contributed by atoms with Gasteiger partial charge in [-0.25, -0.2) is 14.8 Å². The Balaban J connectivity index is 1.11. The fraction of sp³-hybridized carbons (Fsp3) is 0.485. The van der Waals surface area contributed by atoms with Crippen LogP contribution in [0.1, 0.15) is 89.1 Å². The summed E-state index contributed by atoms with van der Waals surface area (Å²) in [6.45, 7) is 10.3. The Morgan fingerprint density at radius 3 is 2.15 bits per heavy atom. The molecule has 1 aromatic heterocycles. The number of carbonyl (C=O) groups is 1. The van der Waals surface area contributed by atoms with E-state index in [-0.39, 0.29) is 29.6 Å². The molecule has 0 spiro atoms. The zero-order valence-electron chi connectivity index (χ0n) is 24.6. The van der Waals surface area contributed by atoms with Crippen molar-refractivity contribution in [1.29, 1.82) is 0 Å². The number of nitrogens with zero attached hydrogens (tertiary/aromatic N) is 2. The first-order valence-electron chi connectivity index (χ1n) is 14.5. The van der Waals surface area contributed by atoms with Gasteiger partial charge in [-0.15, -0.1) is 0 Å². The molecule has 2 aromatic carbocycles. The third-order valence-corrected chi connectivity index (χ3v) is 7.72. The number of rotatable bonds is 10. The summed E-state index contributed by atoms with van der Waals surface area (Å²) in [4.78, 5) is 20.7. The highest BCUT2D eigenvalue weighted by Gasteiger charge is 2.34. The van der Waals surface area contributed by atoms with Gasteiger partial charge in [0, 0.05) is 30.5 Å². The molecule has 41 heavy (non-hydrogen) atoms. The molecule has 8 nitrogen and oxygen atoms in total. The molecular formula is C33H41N3O5. The van der Waals surface area contributed by atoms with E-state index in [0.29, 0.717) is 12.4 Å². The molecule has 2 fully saturated rings. The van der Waals surface area contributed by atoms with Crippen molar-refractivity contribution in [2.45, 2.75) is 96.2 Å². The number of carbonyl (C=O) groups excluding carboxylic acids is 1. The van der Waals surface area contributed by atoms with Crippen molar-refractivity contribution in [3.63, 3.8) is 0 Å². The van der Waals surface area contributed by atoms with Gasteiger partial charge in [-0.3, -0.25) is 0 Å². The largest absolute Gasteiger partial charge is 0.490 e. The number of aliphatic hydroxyl groups is 1. The Morgan fingerprint density at radius 2 is 1.56 bits per heavy atom. The molecule has 3 aromatic rings. The molecule has 2 aliphatic carbocycles. The third kappa shape index (κ3) is 7.55. The number of benzene rings is 2. The van der Waals surface area contributed by atoms with Gasteiger partial charge in [0.2, 0.25) is 0 Å².